The topological polar surface area (TPSA) is 78.4 Å². The lowest BCUT2D eigenvalue weighted by atomic mass is 10.1. The van der Waals surface area contributed by atoms with Crippen LogP contribution in [0.15, 0.2) is 50.7 Å². The minimum atomic E-state index is -0.346. The molecule has 118 valence electrons. The van der Waals surface area contributed by atoms with E-state index in [-0.39, 0.29) is 5.97 Å². The van der Waals surface area contributed by atoms with Gasteiger partial charge >= 0.3 is 5.97 Å². The van der Waals surface area contributed by atoms with E-state index < -0.39 is 0 Å². The molecule has 1 aromatic carbocycles. The van der Waals surface area contributed by atoms with E-state index >= 15 is 0 Å². The molecule has 0 aliphatic rings. The number of benzene rings is 1. The molecule has 0 atom stereocenters. The Hall–Kier alpha value is -2.54. The normalized spacial score (nSPS) is 10.7. The molecule has 0 aliphatic heterocycles. The van der Waals surface area contributed by atoms with Gasteiger partial charge in [-0.1, -0.05) is 23.9 Å². The Balaban J connectivity index is 1.64. The number of methoxy groups -OCH3 is 1. The summed E-state index contributed by atoms with van der Waals surface area (Å²) in [6, 6.07) is 9.00. The van der Waals surface area contributed by atoms with Crippen LogP contribution in [0.2, 0.25) is 0 Å². The second-order valence-electron chi connectivity index (χ2n) is 4.74. The van der Waals surface area contributed by atoms with Crippen molar-refractivity contribution in [3.63, 3.8) is 0 Å². The molecule has 0 bridgehead atoms. The third-order valence-electron chi connectivity index (χ3n) is 3.23. The third kappa shape index (κ3) is 3.45. The van der Waals surface area contributed by atoms with E-state index in [1.807, 2.05) is 19.1 Å². The SMILES string of the molecule is COC(=O)c1ccc(CSc2nnc(-c3ccoc3C)o2)cc1. The number of furan rings is 1. The molecule has 0 amide bonds. The first-order valence-electron chi connectivity index (χ1n) is 6.85. The molecular formula is C16H14N2O4S. The van der Waals surface area contributed by atoms with Gasteiger partial charge in [-0.25, -0.2) is 4.79 Å². The van der Waals surface area contributed by atoms with Gasteiger partial charge in [-0.15, -0.1) is 10.2 Å². The lowest BCUT2D eigenvalue weighted by Gasteiger charge is -2.01. The highest BCUT2D eigenvalue weighted by Gasteiger charge is 2.13. The zero-order valence-electron chi connectivity index (χ0n) is 12.6. The van der Waals surface area contributed by atoms with Crippen LogP contribution < -0.4 is 0 Å². The van der Waals surface area contributed by atoms with Gasteiger partial charge in [0.2, 0.25) is 0 Å². The molecule has 2 heterocycles. The van der Waals surface area contributed by atoms with Gasteiger partial charge in [0, 0.05) is 5.75 Å². The zero-order chi connectivity index (χ0) is 16.2. The van der Waals surface area contributed by atoms with Crippen molar-refractivity contribution >= 4 is 17.7 Å². The van der Waals surface area contributed by atoms with Gasteiger partial charge in [0.15, 0.2) is 0 Å². The molecule has 0 unspecified atom stereocenters. The maximum atomic E-state index is 11.4. The van der Waals surface area contributed by atoms with Crippen LogP contribution in [-0.4, -0.2) is 23.3 Å². The van der Waals surface area contributed by atoms with E-state index in [1.165, 1.54) is 18.9 Å². The summed E-state index contributed by atoms with van der Waals surface area (Å²) >= 11 is 1.43. The average molecular weight is 330 g/mol. The number of hydrogen-bond acceptors (Lipinski definition) is 7. The predicted octanol–water partition coefficient (Wildman–Crippen LogP) is 3.72. The fraction of sp³-hybridized carbons (Fsp3) is 0.188. The van der Waals surface area contributed by atoms with Crippen molar-refractivity contribution < 1.29 is 18.4 Å². The Kier molecular flexibility index (Phi) is 4.47. The number of carbonyl (C=O) groups excluding carboxylic acids is 1. The van der Waals surface area contributed by atoms with Crippen LogP contribution in [0.5, 0.6) is 0 Å². The van der Waals surface area contributed by atoms with Crippen LogP contribution in [0.25, 0.3) is 11.5 Å². The van der Waals surface area contributed by atoms with Crippen LogP contribution in [-0.2, 0) is 10.5 Å². The van der Waals surface area contributed by atoms with E-state index in [0.717, 1.165) is 16.9 Å². The Morgan fingerprint density at radius 3 is 2.65 bits per heavy atom. The Bertz CT molecular complexity index is 808. The standard InChI is InChI=1S/C16H14N2O4S/c1-10-13(7-8-21-10)14-17-18-16(22-14)23-9-11-3-5-12(6-4-11)15(19)20-2/h3-8H,9H2,1-2H3. The molecule has 0 spiro atoms. The first-order valence-corrected chi connectivity index (χ1v) is 7.84. The van der Waals surface area contributed by atoms with Gasteiger partial charge < -0.3 is 13.6 Å². The third-order valence-corrected chi connectivity index (χ3v) is 4.12. The minimum absolute atomic E-state index is 0.346. The van der Waals surface area contributed by atoms with Crippen molar-refractivity contribution in [1.82, 2.24) is 10.2 Å². The molecule has 0 N–H and O–H groups in total. The number of ether oxygens (including phenoxy) is 1. The molecule has 0 aliphatic carbocycles. The van der Waals surface area contributed by atoms with E-state index in [2.05, 4.69) is 14.9 Å². The summed E-state index contributed by atoms with van der Waals surface area (Å²) < 4.78 is 15.5. The maximum Gasteiger partial charge on any atom is 0.337 e. The molecule has 23 heavy (non-hydrogen) atoms. The fourth-order valence-corrected chi connectivity index (χ4v) is 2.70. The summed E-state index contributed by atoms with van der Waals surface area (Å²) in [5, 5.41) is 8.52. The summed E-state index contributed by atoms with van der Waals surface area (Å²) in [6.45, 7) is 1.84. The average Bonchev–Trinajstić information content (AvgIpc) is 3.21. The van der Waals surface area contributed by atoms with E-state index in [1.54, 1.807) is 24.5 Å². The lowest BCUT2D eigenvalue weighted by Crippen LogP contribution is -2.00. The fourth-order valence-electron chi connectivity index (χ4n) is 1.98. The highest BCUT2D eigenvalue weighted by molar-refractivity contribution is 7.98. The summed E-state index contributed by atoms with van der Waals surface area (Å²) in [7, 11) is 1.36. The van der Waals surface area contributed by atoms with Crippen molar-refractivity contribution in [3.8, 4) is 11.5 Å². The van der Waals surface area contributed by atoms with Crippen molar-refractivity contribution in [1.29, 1.82) is 0 Å². The molecule has 7 heteroatoms. The maximum absolute atomic E-state index is 11.4. The van der Waals surface area contributed by atoms with Crippen molar-refractivity contribution in [2.75, 3.05) is 7.11 Å². The van der Waals surface area contributed by atoms with Crippen molar-refractivity contribution in [3.05, 3.63) is 53.5 Å². The van der Waals surface area contributed by atoms with Crippen molar-refractivity contribution in [2.45, 2.75) is 17.9 Å². The largest absolute Gasteiger partial charge is 0.469 e. The van der Waals surface area contributed by atoms with Gasteiger partial charge in [-0.2, -0.15) is 0 Å². The Labute approximate surface area is 136 Å². The van der Waals surface area contributed by atoms with Gasteiger partial charge in [0.25, 0.3) is 11.1 Å². The molecule has 0 radical (unpaired) electrons. The second-order valence-corrected chi connectivity index (χ2v) is 5.67. The predicted molar refractivity (Wildman–Crippen MR) is 84.1 cm³/mol. The number of hydrogen-bond donors (Lipinski definition) is 0. The van der Waals surface area contributed by atoms with Gasteiger partial charge in [0.1, 0.15) is 5.76 Å². The number of thioether (sulfide) groups is 1. The smallest absolute Gasteiger partial charge is 0.337 e. The van der Waals surface area contributed by atoms with Crippen LogP contribution in [0.4, 0.5) is 0 Å². The second kappa shape index (κ2) is 6.70. The van der Waals surface area contributed by atoms with Crippen molar-refractivity contribution in [2.24, 2.45) is 0 Å². The number of nitrogens with zero attached hydrogens (tertiary/aromatic N) is 2. The van der Waals surface area contributed by atoms with Crippen LogP contribution in [0.1, 0.15) is 21.7 Å². The minimum Gasteiger partial charge on any atom is -0.469 e. The number of carbonyl (C=O) groups is 1. The molecule has 2 aromatic heterocycles. The quantitative estimate of drug-likeness (QED) is 0.521. The van der Waals surface area contributed by atoms with Crippen LogP contribution in [0.3, 0.4) is 0 Å². The summed E-state index contributed by atoms with van der Waals surface area (Å²) in [4.78, 5) is 11.4. The lowest BCUT2D eigenvalue weighted by molar-refractivity contribution is 0.0600. The number of rotatable bonds is 5. The first kappa shape index (κ1) is 15.4. The molecular weight excluding hydrogens is 316 g/mol. The van der Waals surface area contributed by atoms with Gasteiger partial charge in [0.05, 0.1) is 24.5 Å². The summed E-state index contributed by atoms with van der Waals surface area (Å²) in [5.41, 5.74) is 2.37. The molecule has 0 saturated carbocycles. The van der Waals surface area contributed by atoms with Crippen LogP contribution in [0, 0.1) is 6.92 Å². The zero-order valence-corrected chi connectivity index (χ0v) is 13.4. The Morgan fingerprint density at radius 1 is 1.22 bits per heavy atom. The summed E-state index contributed by atoms with van der Waals surface area (Å²) in [5.74, 6) is 1.50. The highest BCUT2D eigenvalue weighted by Crippen LogP contribution is 2.27. The monoisotopic (exact) mass is 330 g/mol. The van der Waals surface area contributed by atoms with Gasteiger partial charge in [-0.05, 0) is 30.7 Å². The molecule has 0 fully saturated rings. The number of aromatic nitrogens is 2. The number of esters is 1. The molecule has 0 saturated heterocycles. The summed E-state index contributed by atoms with van der Waals surface area (Å²) in [6.07, 6.45) is 1.59. The molecule has 3 aromatic rings. The molecule has 6 nitrogen and oxygen atoms in total. The van der Waals surface area contributed by atoms with Gasteiger partial charge in [-0.3, -0.25) is 0 Å². The first-order chi connectivity index (χ1) is 11.2. The van der Waals surface area contributed by atoms with E-state index in [9.17, 15) is 4.79 Å². The van der Waals surface area contributed by atoms with E-state index in [0.29, 0.717) is 22.4 Å². The highest BCUT2D eigenvalue weighted by atomic mass is 32.2. The Morgan fingerprint density at radius 2 is 2.00 bits per heavy atom. The molecule has 3 rings (SSSR count). The van der Waals surface area contributed by atoms with E-state index in [4.69, 9.17) is 8.83 Å². The van der Waals surface area contributed by atoms with Crippen LogP contribution >= 0.6 is 11.8 Å². The number of aryl methyl sites for hydroxylation is 1.